The first-order chi connectivity index (χ1) is 9.63. The van der Waals surface area contributed by atoms with E-state index in [-0.39, 0.29) is 0 Å². The zero-order valence-electron chi connectivity index (χ0n) is 11.5. The smallest absolute Gasteiger partial charge is 0.140 e. The Hall–Kier alpha value is -0.290. The molecule has 0 atom stereocenters. The summed E-state index contributed by atoms with van der Waals surface area (Å²) in [5, 5.41) is 2.46. The van der Waals surface area contributed by atoms with Gasteiger partial charge in [0, 0.05) is 9.86 Å². The van der Waals surface area contributed by atoms with Gasteiger partial charge in [0.1, 0.15) is 5.75 Å². The Kier molecular flexibility index (Phi) is 4.55. The predicted molar refractivity (Wildman–Crippen MR) is 96.4 cm³/mol. The van der Waals surface area contributed by atoms with Gasteiger partial charge in [0.05, 0.1) is 9.67 Å². The van der Waals surface area contributed by atoms with Crippen molar-refractivity contribution < 1.29 is 4.74 Å². The average molecular weight is 445 g/mol. The molecule has 0 unspecified atom stereocenters. The number of benzene rings is 2. The molecule has 106 valence electrons. The topological polar surface area (TPSA) is 9.23 Å². The number of fused-ring (bicyclic) bond motifs is 1. The second-order valence-corrected chi connectivity index (χ2v) is 7.82. The Morgan fingerprint density at radius 1 is 1.10 bits per heavy atom. The van der Waals surface area contributed by atoms with Crippen molar-refractivity contribution in [2.45, 2.75) is 38.7 Å². The molecule has 0 bridgehead atoms. The van der Waals surface area contributed by atoms with E-state index in [2.05, 4.69) is 75.8 Å². The molecule has 0 aliphatic heterocycles. The van der Waals surface area contributed by atoms with Crippen LogP contribution in [0.2, 0.25) is 0 Å². The molecule has 0 saturated heterocycles. The van der Waals surface area contributed by atoms with Crippen LogP contribution >= 0.6 is 38.5 Å². The molecule has 3 heteroatoms. The number of halogens is 2. The Labute approximate surface area is 142 Å². The first-order valence-electron chi connectivity index (χ1n) is 7.18. The molecular formula is C17H18BrIO. The summed E-state index contributed by atoms with van der Waals surface area (Å²) in [6.45, 7) is 2.34. The van der Waals surface area contributed by atoms with E-state index in [4.69, 9.17) is 4.74 Å². The lowest BCUT2D eigenvalue weighted by Gasteiger charge is -2.27. The van der Waals surface area contributed by atoms with Crippen LogP contribution in [0.25, 0.3) is 10.8 Å². The monoisotopic (exact) mass is 444 g/mol. The molecule has 1 nitrogen and oxygen atoms in total. The molecule has 0 heterocycles. The Bertz CT molecular complexity index is 612. The van der Waals surface area contributed by atoms with Crippen LogP contribution in [0, 0.1) is 9.49 Å². The standard InChI is InChI=1S/C17H18BrIO/c1-11-2-7-14(8-3-11)20-17-15-10-13(18)6-4-12(15)5-9-16(17)19/h4-6,9-11,14H,2-3,7-8H2,1H3/t11-,14+. The van der Waals surface area contributed by atoms with Gasteiger partial charge >= 0.3 is 0 Å². The second-order valence-electron chi connectivity index (χ2n) is 5.74. The minimum absolute atomic E-state index is 0.379. The molecule has 3 rings (SSSR count). The van der Waals surface area contributed by atoms with E-state index in [1.807, 2.05) is 0 Å². The minimum atomic E-state index is 0.379. The molecule has 1 aliphatic carbocycles. The highest BCUT2D eigenvalue weighted by molar-refractivity contribution is 14.1. The van der Waals surface area contributed by atoms with Crippen LogP contribution in [0.4, 0.5) is 0 Å². The van der Waals surface area contributed by atoms with E-state index in [1.165, 1.54) is 40.0 Å². The second kappa shape index (κ2) is 6.22. The Balaban J connectivity index is 1.93. The molecule has 0 spiro atoms. The maximum Gasteiger partial charge on any atom is 0.140 e. The van der Waals surface area contributed by atoms with Crippen molar-refractivity contribution in [3.05, 3.63) is 38.4 Å². The molecule has 0 amide bonds. The maximum absolute atomic E-state index is 6.37. The zero-order valence-corrected chi connectivity index (χ0v) is 15.3. The van der Waals surface area contributed by atoms with E-state index >= 15 is 0 Å². The molecule has 1 saturated carbocycles. The maximum atomic E-state index is 6.37. The van der Waals surface area contributed by atoms with Gasteiger partial charge in [0.2, 0.25) is 0 Å². The lowest BCUT2D eigenvalue weighted by Crippen LogP contribution is -2.23. The number of rotatable bonds is 2. The van der Waals surface area contributed by atoms with Crippen molar-refractivity contribution in [3.63, 3.8) is 0 Å². The summed E-state index contributed by atoms with van der Waals surface area (Å²) in [6.07, 6.45) is 5.32. The Morgan fingerprint density at radius 2 is 1.80 bits per heavy atom. The highest BCUT2D eigenvalue weighted by Gasteiger charge is 2.21. The van der Waals surface area contributed by atoms with E-state index in [1.54, 1.807) is 0 Å². The van der Waals surface area contributed by atoms with Gasteiger partial charge in [-0.3, -0.25) is 0 Å². The lowest BCUT2D eigenvalue weighted by molar-refractivity contribution is 0.136. The van der Waals surface area contributed by atoms with Gasteiger partial charge in [-0.25, -0.2) is 0 Å². The molecule has 0 N–H and O–H groups in total. The fourth-order valence-electron chi connectivity index (χ4n) is 2.87. The quantitative estimate of drug-likeness (QED) is 0.503. The molecule has 1 aliphatic rings. The normalized spacial score (nSPS) is 22.9. The van der Waals surface area contributed by atoms with E-state index in [0.717, 1.165) is 16.1 Å². The number of ether oxygens (including phenoxy) is 1. The largest absolute Gasteiger partial charge is 0.489 e. The molecule has 1 fully saturated rings. The van der Waals surface area contributed by atoms with Crippen molar-refractivity contribution in [3.8, 4) is 5.75 Å². The molecule has 2 aromatic carbocycles. The summed E-state index contributed by atoms with van der Waals surface area (Å²) >= 11 is 5.95. The first-order valence-corrected chi connectivity index (χ1v) is 9.05. The summed E-state index contributed by atoms with van der Waals surface area (Å²) in [4.78, 5) is 0. The summed E-state index contributed by atoms with van der Waals surface area (Å²) in [6, 6.07) is 10.7. The van der Waals surface area contributed by atoms with Gasteiger partial charge in [0.25, 0.3) is 0 Å². The van der Waals surface area contributed by atoms with Crippen LogP contribution in [0.1, 0.15) is 32.6 Å². The third-order valence-electron chi connectivity index (χ3n) is 4.13. The third kappa shape index (κ3) is 3.14. The third-order valence-corrected chi connectivity index (χ3v) is 5.48. The van der Waals surface area contributed by atoms with Gasteiger partial charge in [-0.2, -0.15) is 0 Å². The van der Waals surface area contributed by atoms with Crippen molar-refractivity contribution in [1.82, 2.24) is 0 Å². The van der Waals surface area contributed by atoms with Crippen LogP contribution in [0.5, 0.6) is 5.75 Å². The molecular weight excluding hydrogens is 427 g/mol. The molecule has 20 heavy (non-hydrogen) atoms. The average Bonchev–Trinajstić information content (AvgIpc) is 2.44. The van der Waals surface area contributed by atoms with Gasteiger partial charge in [-0.1, -0.05) is 35.0 Å². The van der Waals surface area contributed by atoms with Crippen molar-refractivity contribution in [1.29, 1.82) is 0 Å². The summed E-state index contributed by atoms with van der Waals surface area (Å²) in [7, 11) is 0. The summed E-state index contributed by atoms with van der Waals surface area (Å²) in [5.41, 5.74) is 0. The fraction of sp³-hybridized carbons (Fsp3) is 0.412. The van der Waals surface area contributed by atoms with Gasteiger partial charge < -0.3 is 4.74 Å². The van der Waals surface area contributed by atoms with Crippen LogP contribution in [-0.2, 0) is 0 Å². The summed E-state index contributed by atoms with van der Waals surface area (Å²) < 4.78 is 8.68. The number of hydrogen-bond acceptors (Lipinski definition) is 1. The first kappa shape index (κ1) is 14.6. The van der Waals surface area contributed by atoms with E-state index in [0.29, 0.717) is 6.10 Å². The molecule has 0 aromatic heterocycles. The van der Waals surface area contributed by atoms with E-state index in [9.17, 15) is 0 Å². The summed E-state index contributed by atoms with van der Waals surface area (Å²) in [5.74, 6) is 1.92. The SMILES string of the molecule is C[C@H]1CC[C@@H](Oc2c(I)ccc3ccc(Br)cc23)CC1. The lowest BCUT2D eigenvalue weighted by atomic mass is 9.89. The van der Waals surface area contributed by atoms with Gasteiger partial charge in [-0.05, 0) is 77.8 Å². The van der Waals surface area contributed by atoms with Gasteiger partial charge in [-0.15, -0.1) is 0 Å². The Morgan fingerprint density at radius 3 is 2.55 bits per heavy atom. The number of hydrogen-bond donors (Lipinski definition) is 0. The van der Waals surface area contributed by atoms with Crippen LogP contribution in [-0.4, -0.2) is 6.10 Å². The van der Waals surface area contributed by atoms with Crippen LogP contribution in [0.3, 0.4) is 0 Å². The van der Waals surface area contributed by atoms with Crippen LogP contribution in [0.15, 0.2) is 34.8 Å². The zero-order chi connectivity index (χ0) is 14.1. The predicted octanol–water partition coefficient (Wildman–Crippen LogP) is 6.16. The highest BCUT2D eigenvalue weighted by atomic mass is 127. The molecule has 2 aromatic rings. The van der Waals surface area contributed by atoms with E-state index < -0.39 is 0 Å². The molecule has 0 radical (unpaired) electrons. The van der Waals surface area contributed by atoms with Crippen molar-refractivity contribution in [2.75, 3.05) is 0 Å². The minimum Gasteiger partial charge on any atom is -0.489 e. The van der Waals surface area contributed by atoms with Crippen molar-refractivity contribution >= 4 is 49.3 Å². The van der Waals surface area contributed by atoms with Crippen molar-refractivity contribution in [2.24, 2.45) is 5.92 Å². The fourth-order valence-corrected chi connectivity index (χ4v) is 3.83. The van der Waals surface area contributed by atoms with Gasteiger partial charge in [0.15, 0.2) is 0 Å². The van der Waals surface area contributed by atoms with Crippen LogP contribution < -0.4 is 4.74 Å². The highest BCUT2D eigenvalue weighted by Crippen LogP contribution is 2.36.